The van der Waals surface area contributed by atoms with E-state index in [9.17, 15) is 5.11 Å². The van der Waals surface area contributed by atoms with Gasteiger partial charge in [-0.1, -0.05) is 20.3 Å². The second kappa shape index (κ2) is 7.61. The highest BCUT2D eigenvalue weighted by atomic mass is 16.3. The van der Waals surface area contributed by atoms with E-state index in [1.165, 1.54) is 51.7 Å². The molecule has 0 aromatic carbocycles. The Morgan fingerprint density at radius 1 is 1.11 bits per heavy atom. The van der Waals surface area contributed by atoms with Crippen LogP contribution in [0.3, 0.4) is 0 Å². The Labute approximate surface area is 118 Å². The van der Waals surface area contributed by atoms with E-state index in [-0.39, 0.29) is 0 Å². The Balaban J connectivity index is 1.63. The summed E-state index contributed by atoms with van der Waals surface area (Å²) in [6.45, 7) is 9.88. The summed E-state index contributed by atoms with van der Waals surface area (Å²) in [4.78, 5) is 2.61. The third-order valence-corrected chi connectivity index (χ3v) is 4.93. The molecule has 0 aromatic rings. The lowest BCUT2D eigenvalue weighted by Gasteiger charge is -2.34. The van der Waals surface area contributed by atoms with Gasteiger partial charge in [0.25, 0.3) is 0 Å². The predicted octanol–water partition coefficient (Wildman–Crippen LogP) is 2.10. The molecule has 3 nitrogen and oxygen atoms in total. The SMILES string of the molecule is CC(C)CN1CCC(NCC2CCCC2CO)CC1. The first-order valence-electron chi connectivity index (χ1n) is 8.25. The molecule has 2 aliphatic rings. The van der Waals surface area contributed by atoms with Crippen molar-refractivity contribution < 1.29 is 5.11 Å². The normalized spacial score (nSPS) is 30.3. The molecule has 1 aliphatic carbocycles. The van der Waals surface area contributed by atoms with Gasteiger partial charge >= 0.3 is 0 Å². The van der Waals surface area contributed by atoms with Crippen LogP contribution in [0.1, 0.15) is 46.0 Å². The average molecular weight is 268 g/mol. The van der Waals surface area contributed by atoms with E-state index in [0.717, 1.165) is 18.4 Å². The van der Waals surface area contributed by atoms with Gasteiger partial charge in [-0.05, 0) is 63.1 Å². The Hall–Kier alpha value is -0.120. The lowest BCUT2D eigenvalue weighted by molar-refractivity contribution is 0.165. The van der Waals surface area contributed by atoms with Gasteiger partial charge in [0.2, 0.25) is 0 Å². The maximum absolute atomic E-state index is 9.36. The minimum Gasteiger partial charge on any atom is -0.396 e. The zero-order valence-corrected chi connectivity index (χ0v) is 12.8. The smallest absolute Gasteiger partial charge is 0.0462 e. The van der Waals surface area contributed by atoms with Crippen LogP contribution < -0.4 is 5.32 Å². The van der Waals surface area contributed by atoms with Gasteiger partial charge in [0, 0.05) is 19.2 Å². The molecule has 1 saturated carbocycles. The molecule has 112 valence electrons. The van der Waals surface area contributed by atoms with E-state index in [1.807, 2.05) is 0 Å². The number of aliphatic hydroxyl groups is 1. The molecule has 19 heavy (non-hydrogen) atoms. The van der Waals surface area contributed by atoms with Gasteiger partial charge in [-0.25, -0.2) is 0 Å². The van der Waals surface area contributed by atoms with Gasteiger partial charge in [-0.15, -0.1) is 0 Å². The van der Waals surface area contributed by atoms with Crippen molar-refractivity contribution >= 4 is 0 Å². The van der Waals surface area contributed by atoms with E-state index in [0.29, 0.717) is 18.6 Å². The van der Waals surface area contributed by atoms with E-state index in [4.69, 9.17) is 0 Å². The van der Waals surface area contributed by atoms with Gasteiger partial charge in [0.1, 0.15) is 0 Å². The number of nitrogens with one attached hydrogen (secondary N) is 1. The molecule has 2 fully saturated rings. The maximum Gasteiger partial charge on any atom is 0.0462 e. The van der Waals surface area contributed by atoms with Crippen molar-refractivity contribution in [2.24, 2.45) is 17.8 Å². The van der Waals surface area contributed by atoms with Crippen LogP contribution in [0.2, 0.25) is 0 Å². The minimum absolute atomic E-state index is 0.388. The second-order valence-corrected chi connectivity index (χ2v) is 7.01. The molecule has 2 atom stereocenters. The molecule has 0 amide bonds. The van der Waals surface area contributed by atoms with Crippen LogP contribution in [0.25, 0.3) is 0 Å². The van der Waals surface area contributed by atoms with Crippen molar-refractivity contribution in [1.82, 2.24) is 10.2 Å². The van der Waals surface area contributed by atoms with Gasteiger partial charge < -0.3 is 15.3 Å². The molecule has 1 saturated heterocycles. The first-order valence-corrected chi connectivity index (χ1v) is 8.25. The number of rotatable bonds is 6. The van der Waals surface area contributed by atoms with Crippen LogP contribution >= 0.6 is 0 Å². The maximum atomic E-state index is 9.36. The zero-order valence-electron chi connectivity index (χ0n) is 12.8. The van der Waals surface area contributed by atoms with Crippen LogP contribution in [-0.4, -0.2) is 48.8 Å². The van der Waals surface area contributed by atoms with Gasteiger partial charge in [0.05, 0.1) is 0 Å². The Morgan fingerprint density at radius 2 is 1.79 bits per heavy atom. The quantitative estimate of drug-likeness (QED) is 0.774. The highest BCUT2D eigenvalue weighted by molar-refractivity contribution is 4.82. The summed E-state index contributed by atoms with van der Waals surface area (Å²) in [6.07, 6.45) is 6.44. The molecule has 0 radical (unpaired) electrons. The predicted molar refractivity (Wildman–Crippen MR) is 80.2 cm³/mol. The van der Waals surface area contributed by atoms with Crippen LogP contribution in [0.5, 0.6) is 0 Å². The van der Waals surface area contributed by atoms with Crippen molar-refractivity contribution in [1.29, 1.82) is 0 Å². The van der Waals surface area contributed by atoms with Gasteiger partial charge in [-0.2, -0.15) is 0 Å². The molecule has 1 aliphatic heterocycles. The molecule has 0 aromatic heterocycles. The first kappa shape index (κ1) is 15.3. The summed E-state index contributed by atoms with van der Waals surface area (Å²) in [5.74, 6) is 2.07. The van der Waals surface area contributed by atoms with Crippen molar-refractivity contribution in [3.8, 4) is 0 Å². The number of nitrogens with zero attached hydrogens (tertiary/aromatic N) is 1. The zero-order chi connectivity index (χ0) is 13.7. The number of hydrogen-bond acceptors (Lipinski definition) is 3. The molecule has 2 N–H and O–H groups in total. The third kappa shape index (κ3) is 4.73. The highest BCUT2D eigenvalue weighted by Crippen LogP contribution is 2.30. The Bertz CT molecular complexity index is 249. The summed E-state index contributed by atoms with van der Waals surface area (Å²) in [5.41, 5.74) is 0. The number of aliphatic hydroxyl groups excluding tert-OH is 1. The molecule has 2 unspecified atom stereocenters. The van der Waals surface area contributed by atoms with Gasteiger partial charge in [-0.3, -0.25) is 0 Å². The molecule has 1 heterocycles. The molecule has 0 bridgehead atoms. The molecule has 2 rings (SSSR count). The van der Waals surface area contributed by atoms with Crippen LogP contribution in [0, 0.1) is 17.8 Å². The summed E-state index contributed by atoms with van der Waals surface area (Å²) in [7, 11) is 0. The second-order valence-electron chi connectivity index (χ2n) is 7.01. The monoisotopic (exact) mass is 268 g/mol. The van der Waals surface area contributed by atoms with E-state index >= 15 is 0 Å². The van der Waals surface area contributed by atoms with Crippen molar-refractivity contribution in [3.63, 3.8) is 0 Å². The lowest BCUT2D eigenvalue weighted by Crippen LogP contribution is -2.45. The molecular formula is C16H32N2O. The molecule has 0 spiro atoms. The topological polar surface area (TPSA) is 35.5 Å². The van der Waals surface area contributed by atoms with E-state index in [1.54, 1.807) is 0 Å². The highest BCUT2D eigenvalue weighted by Gasteiger charge is 2.27. The minimum atomic E-state index is 0.388. The largest absolute Gasteiger partial charge is 0.396 e. The standard InChI is InChI=1S/C16H32N2O/c1-13(2)11-18-8-6-16(7-9-18)17-10-14-4-3-5-15(14)12-19/h13-17,19H,3-12H2,1-2H3. The fraction of sp³-hybridized carbons (Fsp3) is 1.00. The average Bonchev–Trinajstić information content (AvgIpc) is 2.84. The van der Waals surface area contributed by atoms with E-state index < -0.39 is 0 Å². The summed E-state index contributed by atoms with van der Waals surface area (Å²) in [6, 6.07) is 0.711. The summed E-state index contributed by atoms with van der Waals surface area (Å²) in [5, 5.41) is 13.1. The van der Waals surface area contributed by atoms with Crippen molar-refractivity contribution in [3.05, 3.63) is 0 Å². The van der Waals surface area contributed by atoms with Crippen LogP contribution in [-0.2, 0) is 0 Å². The first-order chi connectivity index (χ1) is 9.19. The number of hydrogen-bond donors (Lipinski definition) is 2. The Morgan fingerprint density at radius 3 is 2.42 bits per heavy atom. The fourth-order valence-corrected chi connectivity index (χ4v) is 3.78. The summed E-state index contributed by atoms with van der Waals surface area (Å²) >= 11 is 0. The molecule has 3 heteroatoms. The van der Waals surface area contributed by atoms with E-state index in [2.05, 4.69) is 24.1 Å². The van der Waals surface area contributed by atoms with Crippen LogP contribution in [0.15, 0.2) is 0 Å². The number of likely N-dealkylation sites (tertiary alicyclic amines) is 1. The number of piperidine rings is 1. The van der Waals surface area contributed by atoms with Crippen molar-refractivity contribution in [2.45, 2.75) is 52.0 Å². The lowest BCUT2D eigenvalue weighted by atomic mass is 9.95. The Kier molecular flexibility index (Phi) is 6.11. The fourth-order valence-electron chi connectivity index (χ4n) is 3.78. The summed E-state index contributed by atoms with van der Waals surface area (Å²) < 4.78 is 0. The molecular weight excluding hydrogens is 236 g/mol. The van der Waals surface area contributed by atoms with Gasteiger partial charge in [0.15, 0.2) is 0 Å². The van der Waals surface area contributed by atoms with Crippen molar-refractivity contribution in [2.75, 3.05) is 32.8 Å². The van der Waals surface area contributed by atoms with Crippen LogP contribution in [0.4, 0.5) is 0 Å². The third-order valence-electron chi connectivity index (χ3n) is 4.93.